The summed E-state index contributed by atoms with van der Waals surface area (Å²) in [4.78, 5) is 71.8. The van der Waals surface area contributed by atoms with E-state index in [1.54, 1.807) is 41.1 Å². The fourth-order valence-electron chi connectivity index (χ4n) is 10.1. The summed E-state index contributed by atoms with van der Waals surface area (Å²) in [5.41, 5.74) is 1.27. The minimum Gasteiger partial charge on any atom is -0.460 e. The number of cyclic esters (lactones) is 1. The highest BCUT2D eigenvalue weighted by molar-refractivity contribution is 6.39. The van der Waals surface area contributed by atoms with E-state index >= 15 is 0 Å². The maximum absolute atomic E-state index is 14.4. The molecule has 0 spiro atoms. The van der Waals surface area contributed by atoms with Crippen LogP contribution in [0, 0.1) is 35.5 Å². The van der Waals surface area contributed by atoms with Crippen molar-refractivity contribution >= 4 is 29.2 Å². The van der Waals surface area contributed by atoms with Crippen LogP contribution in [-0.4, -0.2) is 132 Å². The van der Waals surface area contributed by atoms with Crippen LogP contribution in [0.1, 0.15) is 126 Å². The first-order valence-electron chi connectivity index (χ1n) is 23.9. The van der Waals surface area contributed by atoms with Gasteiger partial charge in [-0.1, -0.05) is 71.1 Å². The number of rotatable bonds is 6. The summed E-state index contributed by atoms with van der Waals surface area (Å²) >= 11 is 0. The monoisotopic (exact) mass is 914 g/mol. The molecule has 4 aliphatic rings. The molecule has 2 bridgehead atoms. The Labute approximate surface area is 387 Å². The van der Waals surface area contributed by atoms with Gasteiger partial charge in [-0.15, -0.1) is 0 Å². The Balaban J connectivity index is 1.70. The Morgan fingerprint density at radius 1 is 0.846 bits per heavy atom. The zero-order valence-electron chi connectivity index (χ0n) is 40.6. The third-order valence-electron chi connectivity index (χ3n) is 14.5. The molecule has 3 fully saturated rings. The van der Waals surface area contributed by atoms with Crippen LogP contribution in [-0.2, 0) is 47.7 Å². The topological polar surface area (TPSA) is 195 Å². The number of aliphatic hydroxyl groups excluding tert-OH is 2. The smallest absolute Gasteiger partial charge is 0.329 e. The molecule has 14 heteroatoms. The first-order chi connectivity index (χ1) is 30.7. The van der Waals surface area contributed by atoms with Crippen molar-refractivity contribution in [2.45, 2.75) is 180 Å². The zero-order valence-corrected chi connectivity index (χ0v) is 40.6. The van der Waals surface area contributed by atoms with Crippen molar-refractivity contribution < 1.29 is 63.0 Å². The number of allylic oxidation sites excluding steroid dienone is 6. The van der Waals surface area contributed by atoms with Crippen molar-refractivity contribution in [1.82, 2.24) is 4.90 Å². The number of nitrogens with zero attached hydrogens (tertiary/aromatic N) is 1. The molecular formula is C51H79NO13. The lowest BCUT2D eigenvalue weighted by Crippen LogP contribution is -2.61. The second-order valence-electron chi connectivity index (χ2n) is 19.6. The number of piperidine rings is 1. The van der Waals surface area contributed by atoms with Gasteiger partial charge in [-0.2, -0.15) is 0 Å². The van der Waals surface area contributed by atoms with Crippen LogP contribution >= 0.6 is 0 Å². The van der Waals surface area contributed by atoms with Gasteiger partial charge in [0.2, 0.25) is 5.79 Å². The van der Waals surface area contributed by atoms with E-state index in [-0.39, 0.29) is 54.8 Å². The molecule has 15 atom stereocenters. The van der Waals surface area contributed by atoms with Crippen molar-refractivity contribution in [3.63, 3.8) is 0 Å². The highest BCUT2D eigenvalue weighted by Crippen LogP contribution is 2.38. The lowest BCUT2D eigenvalue weighted by Gasteiger charge is -2.42. The van der Waals surface area contributed by atoms with Crippen LogP contribution in [0.4, 0.5) is 0 Å². The van der Waals surface area contributed by atoms with Gasteiger partial charge in [-0.05, 0) is 107 Å². The second kappa shape index (κ2) is 25.1. The van der Waals surface area contributed by atoms with Gasteiger partial charge in [-0.25, -0.2) is 4.79 Å². The van der Waals surface area contributed by atoms with Crippen molar-refractivity contribution in [2.75, 3.05) is 27.9 Å². The summed E-state index contributed by atoms with van der Waals surface area (Å²) in [5.74, 6) is -7.96. The maximum Gasteiger partial charge on any atom is 0.329 e. The SMILES string of the molecule is CO[C@H]1C[C@@H]2CC[C@@H](C)[C@@](O)(O2)C(=O)C(=O)N2CCCC[C@H]2C(=O)OC([C@H](C)C[C@@H]2CC[C@@H](O)[C@H](OC)C2)CC(=O)[C@H](C)/C=C(/C)[C@@H](O)[C@@H](OC)C(=O)[C@H](C)C[C@H](C)/C=C/C=C/C=C/1C. The molecule has 0 aromatic rings. The van der Waals surface area contributed by atoms with E-state index in [1.165, 1.54) is 12.0 Å². The molecule has 14 nitrogen and oxygen atoms in total. The number of carbonyl (C=O) groups excluding carboxylic acids is 5. The molecule has 3 aliphatic heterocycles. The van der Waals surface area contributed by atoms with E-state index in [1.807, 2.05) is 58.1 Å². The minimum absolute atomic E-state index is 0.0193. The minimum atomic E-state index is -2.43. The summed E-state index contributed by atoms with van der Waals surface area (Å²) in [5, 5.41) is 33.8. The number of hydrogen-bond acceptors (Lipinski definition) is 13. The fraction of sp³-hybridized carbons (Fsp3) is 0.745. The molecule has 1 amide bonds. The largest absolute Gasteiger partial charge is 0.460 e. The number of esters is 1. The van der Waals surface area contributed by atoms with Crippen molar-refractivity contribution in [3.05, 3.63) is 47.6 Å². The number of fused-ring (bicyclic) bond motifs is 3. The zero-order chi connectivity index (χ0) is 48.2. The van der Waals surface area contributed by atoms with Crippen LogP contribution < -0.4 is 0 Å². The molecule has 4 rings (SSSR count). The van der Waals surface area contributed by atoms with E-state index in [2.05, 4.69) is 0 Å². The summed E-state index contributed by atoms with van der Waals surface area (Å²) < 4.78 is 29.4. The molecule has 3 heterocycles. The number of Topliss-reactive ketones (excluding diaryl/α,β-unsaturated/α-hetero) is 3. The highest BCUT2D eigenvalue weighted by Gasteiger charge is 2.53. The average molecular weight is 914 g/mol. The molecule has 3 N–H and O–H groups in total. The normalized spacial score (nSPS) is 40.4. The van der Waals surface area contributed by atoms with E-state index in [0.29, 0.717) is 63.4 Å². The van der Waals surface area contributed by atoms with Gasteiger partial charge < -0.3 is 43.9 Å². The lowest BCUT2D eigenvalue weighted by atomic mass is 9.78. The third kappa shape index (κ3) is 14.3. The lowest BCUT2D eigenvalue weighted by molar-refractivity contribution is -0.265. The predicted molar refractivity (Wildman–Crippen MR) is 245 cm³/mol. The van der Waals surface area contributed by atoms with Gasteiger partial charge in [-0.3, -0.25) is 19.2 Å². The number of methoxy groups -OCH3 is 3. The third-order valence-corrected chi connectivity index (χ3v) is 14.5. The fourth-order valence-corrected chi connectivity index (χ4v) is 10.1. The van der Waals surface area contributed by atoms with Crippen molar-refractivity contribution in [3.8, 4) is 0 Å². The molecule has 1 aliphatic carbocycles. The van der Waals surface area contributed by atoms with Crippen molar-refractivity contribution in [2.24, 2.45) is 35.5 Å². The Morgan fingerprint density at radius 2 is 1.57 bits per heavy atom. The Hall–Kier alpha value is -3.37. The van der Waals surface area contributed by atoms with Crippen LogP contribution in [0.3, 0.4) is 0 Å². The molecule has 0 aromatic carbocycles. The van der Waals surface area contributed by atoms with Gasteiger partial charge in [0, 0.05) is 58.5 Å². The molecule has 1 unspecified atom stereocenters. The Kier molecular flexibility index (Phi) is 21.0. The van der Waals surface area contributed by atoms with Gasteiger partial charge in [0.25, 0.3) is 11.7 Å². The second-order valence-corrected chi connectivity index (χ2v) is 19.6. The first kappa shape index (κ1) is 54.2. The van der Waals surface area contributed by atoms with Crippen LogP contribution in [0.15, 0.2) is 47.6 Å². The summed E-state index contributed by atoms with van der Waals surface area (Å²) in [6.45, 7) is 12.7. The van der Waals surface area contributed by atoms with Gasteiger partial charge in [0.15, 0.2) is 5.78 Å². The summed E-state index contributed by atoms with van der Waals surface area (Å²) in [7, 11) is 4.52. The van der Waals surface area contributed by atoms with E-state index in [9.17, 15) is 39.3 Å². The number of carbonyl (C=O) groups is 5. The quantitative estimate of drug-likeness (QED) is 0.156. The number of amides is 1. The van der Waals surface area contributed by atoms with E-state index in [0.717, 1.165) is 12.0 Å². The average Bonchev–Trinajstić information content (AvgIpc) is 3.28. The van der Waals surface area contributed by atoms with Gasteiger partial charge >= 0.3 is 5.97 Å². The molecule has 0 radical (unpaired) electrons. The molecule has 65 heavy (non-hydrogen) atoms. The maximum atomic E-state index is 14.4. The van der Waals surface area contributed by atoms with Crippen LogP contribution in [0.25, 0.3) is 0 Å². The van der Waals surface area contributed by atoms with Crippen LogP contribution in [0.2, 0.25) is 0 Å². The predicted octanol–water partition coefficient (Wildman–Crippen LogP) is 6.18. The molecule has 0 aromatic heterocycles. The Bertz CT molecular complexity index is 1760. The first-order valence-corrected chi connectivity index (χ1v) is 23.9. The van der Waals surface area contributed by atoms with E-state index in [4.69, 9.17) is 23.7 Å². The van der Waals surface area contributed by atoms with Crippen LogP contribution in [0.5, 0.6) is 0 Å². The number of aliphatic hydroxyl groups is 3. The van der Waals surface area contributed by atoms with Gasteiger partial charge in [0.05, 0.1) is 24.4 Å². The standard InChI is InChI=1S/C51H79NO13/c1-30-16-12-11-13-17-31(2)42(61-8)28-38-21-19-36(7)51(60,65-38)48(57)49(58)52-23-15-14-18-39(52)50(59)64-43(33(4)26-37-20-22-40(53)44(27-37)62-9)29-41(54)32(3)25-35(6)46(56)47(63-10)45(55)34(5)24-30/h11-13,16-17,25,30,32-34,36-40,42-44,46-47,53,56,60H,14-15,18-24,26-29H2,1-10H3/b13-11+,16-12+,31-17+,35-25-/t30-,32-,33-,34-,36-,37+,38+,39+,40-,42+,43?,44-,46-,47+,51-/m1/s1. The number of ketones is 3. The molecule has 2 saturated heterocycles. The highest BCUT2D eigenvalue weighted by atomic mass is 16.6. The molecule has 366 valence electrons. The summed E-state index contributed by atoms with van der Waals surface area (Å²) in [6.07, 6.45) is 11.2. The molecular weight excluding hydrogens is 835 g/mol. The number of ether oxygens (including phenoxy) is 5. The molecule has 1 saturated carbocycles. The van der Waals surface area contributed by atoms with E-state index < -0.39 is 83.9 Å². The summed E-state index contributed by atoms with van der Waals surface area (Å²) in [6, 6.07) is -1.14. The Morgan fingerprint density at radius 3 is 2.25 bits per heavy atom. The van der Waals surface area contributed by atoms with Crippen molar-refractivity contribution in [1.29, 1.82) is 0 Å². The van der Waals surface area contributed by atoms with Gasteiger partial charge in [0.1, 0.15) is 30.1 Å². The number of hydrogen-bond donors (Lipinski definition) is 3.